The summed E-state index contributed by atoms with van der Waals surface area (Å²) in [6, 6.07) is 26.4. The number of nitrogens with one attached hydrogen (secondary N) is 1. The Morgan fingerprint density at radius 3 is 2.46 bits per heavy atom. The molecule has 0 saturated carbocycles. The summed E-state index contributed by atoms with van der Waals surface area (Å²) in [6.45, 7) is 0.867. The largest absolute Gasteiger partial charge is 0.473 e. The lowest BCUT2D eigenvalue weighted by Gasteiger charge is -2.21. The van der Waals surface area contributed by atoms with Crippen LogP contribution in [0.15, 0.2) is 97.3 Å². The molecule has 1 aliphatic rings. The summed E-state index contributed by atoms with van der Waals surface area (Å²) in [5.74, 6) is 1.53. The van der Waals surface area contributed by atoms with Gasteiger partial charge in [-0.2, -0.15) is 0 Å². The van der Waals surface area contributed by atoms with Gasteiger partial charge in [0.05, 0.1) is 11.6 Å². The molecule has 5 aromatic rings. The topological polar surface area (TPSA) is 65.5 Å². The minimum Gasteiger partial charge on any atom is -0.473 e. The van der Waals surface area contributed by atoms with Crippen molar-refractivity contribution >= 4 is 10.9 Å². The summed E-state index contributed by atoms with van der Waals surface area (Å²) in [7, 11) is 0. The highest BCUT2D eigenvalue weighted by atomic mass is 19.1. The molecule has 3 heterocycles. The molecular weight excluding hydrogens is 469 g/mol. The van der Waals surface area contributed by atoms with E-state index in [1.54, 1.807) is 18.5 Å². The third kappa shape index (κ3) is 5.08. The summed E-state index contributed by atoms with van der Waals surface area (Å²) in [5, 5.41) is 4.59. The molecular formula is C30H24FN3O3. The Balaban J connectivity index is 1.34. The second-order valence-electron chi connectivity index (χ2n) is 8.77. The molecule has 1 unspecified atom stereocenters. The van der Waals surface area contributed by atoms with Gasteiger partial charge in [0, 0.05) is 36.0 Å². The van der Waals surface area contributed by atoms with Crippen LogP contribution in [0.1, 0.15) is 28.3 Å². The quantitative estimate of drug-likeness (QED) is 0.288. The fraction of sp³-hybridized carbons (Fsp3) is 0.133. The van der Waals surface area contributed by atoms with Crippen LogP contribution < -0.4 is 19.5 Å². The van der Waals surface area contributed by atoms with E-state index in [1.807, 2.05) is 54.6 Å². The first-order valence-electron chi connectivity index (χ1n) is 12.0. The lowest BCUT2D eigenvalue weighted by Crippen LogP contribution is -2.22. The predicted octanol–water partition coefficient (Wildman–Crippen LogP) is 5.96. The van der Waals surface area contributed by atoms with Gasteiger partial charge in [-0.3, -0.25) is 4.98 Å². The average Bonchev–Trinajstić information content (AvgIpc) is 3.39. The molecule has 0 radical (unpaired) electrons. The number of rotatable bonds is 8. The van der Waals surface area contributed by atoms with E-state index in [-0.39, 0.29) is 25.3 Å². The van der Waals surface area contributed by atoms with E-state index in [0.717, 1.165) is 33.2 Å². The van der Waals surface area contributed by atoms with E-state index in [1.165, 1.54) is 12.1 Å². The maximum Gasteiger partial charge on any atom is 0.231 e. The van der Waals surface area contributed by atoms with Crippen molar-refractivity contribution in [3.05, 3.63) is 125 Å². The highest BCUT2D eigenvalue weighted by Gasteiger charge is 2.19. The molecule has 7 heteroatoms. The zero-order valence-electron chi connectivity index (χ0n) is 19.9. The van der Waals surface area contributed by atoms with Crippen molar-refractivity contribution < 1.29 is 18.6 Å². The van der Waals surface area contributed by atoms with Crippen molar-refractivity contribution in [2.45, 2.75) is 19.2 Å². The number of benzene rings is 3. The van der Waals surface area contributed by atoms with Crippen LogP contribution in [0.25, 0.3) is 10.9 Å². The Hall–Kier alpha value is -4.49. The van der Waals surface area contributed by atoms with Crippen molar-refractivity contribution in [3.8, 4) is 17.4 Å². The predicted molar refractivity (Wildman–Crippen MR) is 138 cm³/mol. The minimum atomic E-state index is -0.301. The molecule has 3 aromatic carbocycles. The Bertz CT molecular complexity index is 1490. The Morgan fingerprint density at radius 1 is 0.865 bits per heavy atom. The molecule has 6 nitrogen and oxygen atoms in total. The number of ether oxygens (including phenoxy) is 3. The number of hydrogen-bond donors (Lipinski definition) is 1. The van der Waals surface area contributed by atoms with Crippen LogP contribution in [0.3, 0.4) is 0 Å². The molecule has 1 atom stereocenters. The summed E-state index contributed by atoms with van der Waals surface area (Å²) >= 11 is 0. The minimum absolute atomic E-state index is 0.0623. The highest BCUT2D eigenvalue weighted by molar-refractivity contribution is 5.84. The first-order chi connectivity index (χ1) is 18.2. The molecule has 0 spiro atoms. The van der Waals surface area contributed by atoms with Crippen LogP contribution in [0, 0.1) is 5.82 Å². The summed E-state index contributed by atoms with van der Waals surface area (Å²) in [5.41, 5.74) is 4.56. The number of nitrogens with zero attached hydrogens (tertiary/aromatic N) is 2. The van der Waals surface area contributed by atoms with Crippen LogP contribution in [-0.2, 0) is 13.2 Å². The molecule has 0 aliphatic carbocycles. The maximum absolute atomic E-state index is 13.7. The smallest absolute Gasteiger partial charge is 0.231 e. The first-order valence-corrected chi connectivity index (χ1v) is 12.0. The van der Waals surface area contributed by atoms with E-state index in [2.05, 4.69) is 22.4 Å². The SMILES string of the molecule is Fc1cccc(COc2nc3cc4c(cc3cc2CNC(c2ccccc2)c2ccncc2)OCO4)c1. The van der Waals surface area contributed by atoms with Crippen molar-refractivity contribution in [2.24, 2.45) is 0 Å². The van der Waals surface area contributed by atoms with Crippen molar-refractivity contribution in [3.63, 3.8) is 0 Å². The highest BCUT2D eigenvalue weighted by Crippen LogP contribution is 2.37. The summed E-state index contributed by atoms with van der Waals surface area (Å²) in [6.07, 6.45) is 3.58. The van der Waals surface area contributed by atoms with Gasteiger partial charge >= 0.3 is 0 Å². The lowest BCUT2D eigenvalue weighted by atomic mass is 9.99. The van der Waals surface area contributed by atoms with Gasteiger partial charge in [-0.15, -0.1) is 0 Å². The second-order valence-corrected chi connectivity index (χ2v) is 8.77. The van der Waals surface area contributed by atoms with Crippen LogP contribution in [-0.4, -0.2) is 16.8 Å². The first kappa shape index (κ1) is 22.9. The Kier molecular flexibility index (Phi) is 6.35. The van der Waals surface area contributed by atoms with E-state index >= 15 is 0 Å². The zero-order chi connectivity index (χ0) is 25.0. The van der Waals surface area contributed by atoms with Gasteiger partial charge in [0.15, 0.2) is 11.5 Å². The third-order valence-electron chi connectivity index (χ3n) is 6.28. The molecule has 0 fully saturated rings. The summed E-state index contributed by atoms with van der Waals surface area (Å²) in [4.78, 5) is 8.98. The van der Waals surface area contributed by atoms with Gasteiger partial charge in [-0.1, -0.05) is 42.5 Å². The summed E-state index contributed by atoms with van der Waals surface area (Å²) < 4.78 is 31.0. The van der Waals surface area contributed by atoms with Gasteiger partial charge in [0.2, 0.25) is 12.7 Å². The number of hydrogen-bond acceptors (Lipinski definition) is 6. The van der Waals surface area contributed by atoms with Crippen molar-refractivity contribution in [2.75, 3.05) is 6.79 Å². The van der Waals surface area contributed by atoms with Crippen LogP contribution in [0.4, 0.5) is 4.39 Å². The molecule has 1 N–H and O–H groups in total. The third-order valence-corrected chi connectivity index (χ3v) is 6.28. The van der Waals surface area contributed by atoms with Crippen LogP contribution in [0.5, 0.6) is 17.4 Å². The number of halogens is 1. The monoisotopic (exact) mass is 493 g/mol. The number of pyridine rings is 2. The normalized spacial score (nSPS) is 13.0. The molecule has 0 amide bonds. The molecule has 2 aromatic heterocycles. The van der Waals surface area contributed by atoms with Gasteiger partial charge < -0.3 is 19.5 Å². The molecule has 6 rings (SSSR count). The fourth-order valence-electron chi connectivity index (χ4n) is 4.46. The van der Waals surface area contributed by atoms with Crippen molar-refractivity contribution in [1.29, 1.82) is 0 Å². The number of aromatic nitrogens is 2. The van der Waals surface area contributed by atoms with E-state index < -0.39 is 0 Å². The average molecular weight is 494 g/mol. The fourth-order valence-corrected chi connectivity index (χ4v) is 4.46. The van der Waals surface area contributed by atoms with E-state index in [4.69, 9.17) is 19.2 Å². The number of fused-ring (bicyclic) bond motifs is 2. The molecule has 1 aliphatic heterocycles. The van der Waals surface area contributed by atoms with E-state index in [0.29, 0.717) is 23.9 Å². The van der Waals surface area contributed by atoms with E-state index in [9.17, 15) is 4.39 Å². The van der Waals surface area contributed by atoms with Crippen molar-refractivity contribution in [1.82, 2.24) is 15.3 Å². The maximum atomic E-state index is 13.7. The molecule has 37 heavy (non-hydrogen) atoms. The Morgan fingerprint density at radius 2 is 1.65 bits per heavy atom. The lowest BCUT2D eigenvalue weighted by molar-refractivity contribution is 0.174. The van der Waals surface area contributed by atoms with Gasteiger partial charge in [0.25, 0.3) is 0 Å². The second kappa shape index (κ2) is 10.2. The van der Waals surface area contributed by atoms with Gasteiger partial charge in [0.1, 0.15) is 12.4 Å². The zero-order valence-corrected chi connectivity index (χ0v) is 19.9. The Labute approximate surface area is 213 Å². The van der Waals surface area contributed by atoms with Crippen LogP contribution >= 0.6 is 0 Å². The van der Waals surface area contributed by atoms with Crippen LogP contribution in [0.2, 0.25) is 0 Å². The van der Waals surface area contributed by atoms with Gasteiger partial charge in [-0.05, 0) is 53.1 Å². The van der Waals surface area contributed by atoms with Gasteiger partial charge in [-0.25, -0.2) is 9.37 Å². The standard InChI is InChI=1S/C30H24FN3O3/c31-25-8-4-5-20(13-25)18-35-30-24(14-23-15-27-28(37-19-36-27)16-26(23)34-30)17-33-29(21-6-2-1-3-7-21)22-9-11-32-12-10-22/h1-16,29,33H,17-19H2. The molecule has 0 bridgehead atoms. The molecule has 184 valence electrons. The molecule has 0 saturated heterocycles.